The summed E-state index contributed by atoms with van der Waals surface area (Å²) in [4.78, 5) is 44.2. The molecular formula is C24H36N6O6S. The Morgan fingerprint density at radius 2 is 1.46 bits per heavy atom. The van der Waals surface area contributed by atoms with Crippen molar-refractivity contribution in [3.63, 3.8) is 0 Å². The number of carbonyl (C=O) groups excluding carboxylic acids is 2. The van der Waals surface area contributed by atoms with Gasteiger partial charge in [-0.05, 0) is 49.7 Å². The molecule has 6 N–H and O–H groups in total. The molecule has 2 aliphatic rings. The summed E-state index contributed by atoms with van der Waals surface area (Å²) in [5.41, 5.74) is 10.7. The summed E-state index contributed by atoms with van der Waals surface area (Å²) in [5, 5.41) is 9.51. The van der Waals surface area contributed by atoms with Crippen LogP contribution in [0.25, 0.3) is 0 Å². The number of aliphatic carboxylic acids is 1. The number of sulfonamides is 1. The van der Waals surface area contributed by atoms with E-state index in [0.29, 0.717) is 26.2 Å². The van der Waals surface area contributed by atoms with Gasteiger partial charge >= 0.3 is 5.97 Å². The average molecular weight is 537 g/mol. The van der Waals surface area contributed by atoms with E-state index in [9.17, 15) is 27.9 Å². The molecule has 3 rings (SSSR count). The van der Waals surface area contributed by atoms with E-state index in [2.05, 4.69) is 9.71 Å². The zero-order valence-corrected chi connectivity index (χ0v) is 21.7. The van der Waals surface area contributed by atoms with Gasteiger partial charge in [-0.25, -0.2) is 8.42 Å². The minimum Gasteiger partial charge on any atom is -0.480 e. The number of nitrogens with two attached hydrogens (primary N) is 2. The Hall–Kier alpha value is -3.19. The van der Waals surface area contributed by atoms with Crippen molar-refractivity contribution in [2.75, 3.05) is 32.7 Å². The van der Waals surface area contributed by atoms with Crippen LogP contribution in [-0.2, 0) is 24.4 Å². The standard InChI is InChI=1S/C24H36N6O6S/c25-23(26)27-13-8-21(32)30-16-11-24(12-17-30)9-14-29(15-10-24)20(31)7-6-19(22(33)34)28-37(35,36)18-4-2-1-3-5-18/h1-5,19,28H,6-17H2,(H,33,34)(H4,25,26,27). The molecule has 2 heterocycles. The molecular weight excluding hydrogens is 500 g/mol. The van der Waals surface area contributed by atoms with Crippen LogP contribution in [0.1, 0.15) is 44.9 Å². The number of aliphatic imine (C=N–C) groups is 1. The van der Waals surface area contributed by atoms with Crippen LogP contribution < -0.4 is 16.2 Å². The molecule has 2 saturated heterocycles. The van der Waals surface area contributed by atoms with E-state index in [1.54, 1.807) is 23.1 Å². The van der Waals surface area contributed by atoms with Crippen molar-refractivity contribution in [2.24, 2.45) is 21.9 Å². The molecule has 2 aliphatic heterocycles. The van der Waals surface area contributed by atoms with Gasteiger partial charge in [-0.3, -0.25) is 19.4 Å². The number of carbonyl (C=O) groups is 3. The van der Waals surface area contributed by atoms with Crippen molar-refractivity contribution in [2.45, 2.75) is 55.9 Å². The maximum absolute atomic E-state index is 12.8. The van der Waals surface area contributed by atoms with Gasteiger partial charge in [-0.2, -0.15) is 4.72 Å². The molecule has 2 fully saturated rings. The lowest BCUT2D eigenvalue weighted by Gasteiger charge is -2.47. The maximum Gasteiger partial charge on any atom is 0.321 e. The van der Waals surface area contributed by atoms with E-state index in [1.807, 2.05) is 4.90 Å². The molecule has 0 radical (unpaired) electrons. The Balaban J connectivity index is 1.45. The molecule has 0 bridgehead atoms. The average Bonchev–Trinajstić information content (AvgIpc) is 2.87. The number of carboxylic acid groups (broad SMARTS) is 1. The van der Waals surface area contributed by atoms with Gasteiger partial charge in [0.05, 0.1) is 11.4 Å². The third-order valence-corrected chi connectivity index (χ3v) is 8.76. The first kappa shape index (κ1) is 28.4. The minimum absolute atomic E-state index is 0.0290. The molecule has 204 valence electrons. The lowest BCUT2D eigenvalue weighted by Crippen LogP contribution is -2.49. The van der Waals surface area contributed by atoms with Gasteiger partial charge in [-0.1, -0.05) is 18.2 Å². The van der Waals surface area contributed by atoms with Crippen molar-refractivity contribution in [3.05, 3.63) is 30.3 Å². The van der Waals surface area contributed by atoms with E-state index in [-0.39, 0.29) is 53.9 Å². The molecule has 0 aromatic heterocycles. The predicted octanol–water partition coefficient (Wildman–Crippen LogP) is 0.0930. The first-order valence-corrected chi connectivity index (χ1v) is 13.9. The number of amides is 2. The molecule has 1 atom stereocenters. The van der Waals surface area contributed by atoms with Crippen molar-refractivity contribution in [1.82, 2.24) is 14.5 Å². The van der Waals surface area contributed by atoms with Gasteiger partial charge in [0.25, 0.3) is 0 Å². The summed E-state index contributed by atoms with van der Waals surface area (Å²) in [7, 11) is -4.02. The molecule has 0 aliphatic carbocycles. The topological polar surface area (TPSA) is 188 Å². The second-order valence-corrected chi connectivity index (χ2v) is 11.4. The van der Waals surface area contributed by atoms with Gasteiger partial charge in [0.15, 0.2) is 5.96 Å². The van der Waals surface area contributed by atoms with Gasteiger partial charge in [0.1, 0.15) is 6.04 Å². The SMILES string of the molecule is NC(N)=NCCC(=O)N1CCC2(CC1)CCN(C(=O)CCC(NS(=O)(=O)c1ccccc1)C(=O)O)CC2. The summed E-state index contributed by atoms with van der Waals surface area (Å²) < 4.78 is 27.2. The van der Waals surface area contributed by atoms with Crippen LogP contribution in [0.4, 0.5) is 0 Å². The fraction of sp³-hybridized carbons (Fsp3) is 0.583. The van der Waals surface area contributed by atoms with E-state index < -0.39 is 22.0 Å². The number of benzene rings is 1. The highest BCUT2D eigenvalue weighted by Crippen LogP contribution is 2.41. The van der Waals surface area contributed by atoms with Crippen LogP contribution in [0.5, 0.6) is 0 Å². The molecule has 13 heteroatoms. The van der Waals surface area contributed by atoms with Crippen LogP contribution in [0.3, 0.4) is 0 Å². The lowest BCUT2D eigenvalue weighted by molar-refractivity contribution is -0.139. The highest BCUT2D eigenvalue weighted by atomic mass is 32.2. The van der Waals surface area contributed by atoms with E-state index in [4.69, 9.17) is 11.5 Å². The number of rotatable bonds is 10. The van der Waals surface area contributed by atoms with Gasteiger partial charge < -0.3 is 26.4 Å². The Kier molecular flexibility index (Phi) is 9.49. The second-order valence-electron chi connectivity index (χ2n) is 9.68. The van der Waals surface area contributed by atoms with Crippen molar-refractivity contribution in [3.8, 4) is 0 Å². The Morgan fingerprint density at radius 3 is 1.95 bits per heavy atom. The van der Waals surface area contributed by atoms with Crippen molar-refractivity contribution < 1.29 is 27.9 Å². The molecule has 0 saturated carbocycles. The Morgan fingerprint density at radius 1 is 0.946 bits per heavy atom. The maximum atomic E-state index is 12.8. The fourth-order valence-electron chi connectivity index (χ4n) is 4.91. The first-order valence-electron chi connectivity index (χ1n) is 12.4. The van der Waals surface area contributed by atoms with Crippen LogP contribution in [0.15, 0.2) is 40.2 Å². The van der Waals surface area contributed by atoms with Crippen molar-refractivity contribution in [1.29, 1.82) is 0 Å². The summed E-state index contributed by atoms with van der Waals surface area (Å²) in [6.07, 6.45) is 3.43. The van der Waals surface area contributed by atoms with Gasteiger partial charge in [-0.15, -0.1) is 0 Å². The Labute approximate surface area is 217 Å². The summed E-state index contributed by atoms with van der Waals surface area (Å²) in [6.45, 7) is 2.72. The number of nitrogens with zero attached hydrogens (tertiary/aromatic N) is 3. The number of hydrogen-bond acceptors (Lipinski definition) is 6. The Bertz CT molecular complexity index is 1090. The van der Waals surface area contributed by atoms with Crippen LogP contribution in [0, 0.1) is 5.41 Å². The lowest BCUT2D eigenvalue weighted by atomic mass is 9.71. The number of likely N-dealkylation sites (tertiary alicyclic amines) is 2. The third-order valence-electron chi connectivity index (χ3n) is 7.27. The largest absolute Gasteiger partial charge is 0.480 e. The number of piperidine rings is 2. The number of nitrogens with one attached hydrogen (secondary N) is 1. The summed E-state index contributed by atoms with van der Waals surface area (Å²) >= 11 is 0. The van der Waals surface area contributed by atoms with Crippen LogP contribution in [0.2, 0.25) is 0 Å². The summed E-state index contributed by atoms with van der Waals surface area (Å²) in [5.74, 6) is -1.51. The second kappa shape index (κ2) is 12.4. The molecule has 1 unspecified atom stereocenters. The van der Waals surface area contributed by atoms with E-state index >= 15 is 0 Å². The monoisotopic (exact) mass is 536 g/mol. The molecule has 2 amide bonds. The van der Waals surface area contributed by atoms with Crippen LogP contribution in [-0.4, -0.2) is 85.8 Å². The van der Waals surface area contributed by atoms with Crippen molar-refractivity contribution >= 4 is 33.8 Å². The quantitative estimate of drug-likeness (QED) is 0.239. The van der Waals surface area contributed by atoms with Crippen LogP contribution >= 0.6 is 0 Å². The molecule has 1 aromatic carbocycles. The fourth-order valence-corrected chi connectivity index (χ4v) is 6.16. The van der Waals surface area contributed by atoms with Gasteiger partial charge in [0.2, 0.25) is 21.8 Å². The van der Waals surface area contributed by atoms with E-state index in [1.165, 1.54) is 12.1 Å². The molecule has 1 spiro atoms. The van der Waals surface area contributed by atoms with E-state index in [0.717, 1.165) is 25.7 Å². The predicted molar refractivity (Wildman–Crippen MR) is 137 cm³/mol. The number of hydrogen-bond donors (Lipinski definition) is 4. The molecule has 12 nitrogen and oxygen atoms in total. The number of carboxylic acids is 1. The third kappa shape index (κ3) is 7.89. The first-order chi connectivity index (χ1) is 17.5. The summed E-state index contributed by atoms with van der Waals surface area (Å²) in [6, 6.07) is 6.11. The normalized spacial score (nSPS) is 18.3. The zero-order chi connectivity index (χ0) is 27.1. The highest BCUT2D eigenvalue weighted by Gasteiger charge is 2.39. The zero-order valence-electron chi connectivity index (χ0n) is 20.8. The highest BCUT2D eigenvalue weighted by molar-refractivity contribution is 7.89. The van der Waals surface area contributed by atoms with Gasteiger partial charge in [0, 0.05) is 39.0 Å². The smallest absolute Gasteiger partial charge is 0.321 e. The molecule has 37 heavy (non-hydrogen) atoms. The number of guanidine groups is 1. The molecule has 1 aromatic rings. The minimum atomic E-state index is -4.02.